The van der Waals surface area contributed by atoms with E-state index in [0.717, 1.165) is 11.0 Å². The van der Waals surface area contributed by atoms with Crippen molar-refractivity contribution in [1.29, 1.82) is 0 Å². The van der Waals surface area contributed by atoms with Crippen LogP contribution in [0.5, 0.6) is 0 Å². The predicted molar refractivity (Wildman–Crippen MR) is 69.2 cm³/mol. The van der Waals surface area contributed by atoms with Crippen molar-refractivity contribution in [2.24, 2.45) is 0 Å². The first-order chi connectivity index (χ1) is 7.59. The SMILES string of the molecule is CC(=O)NCCN[C@@H](C)c1cccc(Br)c1. The zero-order valence-electron chi connectivity index (χ0n) is 9.59. The quantitative estimate of drug-likeness (QED) is 0.815. The lowest BCUT2D eigenvalue weighted by Crippen LogP contribution is -2.31. The summed E-state index contributed by atoms with van der Waals surface area (Å²) in [5.41, 5.74) is 1.23. The summed E-state index contributed by atoms with van der Waals surface area (Å²) in [6.07, 6.45) is 0. The fourth-order valence-corrected chi connectivity index (χ4v) is 1.84. The van der Waals surface area contributed by atoms with Crippen LogP contribution in [0.4, 0.5) is 0 Å². The first-order valence-electron chi connectivity index (χ1n) is 5.33. The van der Waals surface area contributed by atoms with Crippen LogP contribution in [0.15, 0.2) is 28.7 Å². The summed E-state index contributed by atoms with van der Waals surface area (Å²) in [5, 5.41) is 6.10. The molecule has 1 atom stereocenters. The highest BCUT2D eigenvalue weighted by Crippen LogP contribution is 2.17. The van der Waals surface area contributed by atoms with Crippen LogP contribution in [0.1, 0.15) is 25.5 Å². The van der Waals surface area contributed by atoms with Crippen LogP contribution in [-0.2, 0) is 4.79 Å². The molecule has 0 aliphatic carbocycles. The number of carbonyl (C=O) groups excluding carboxylic acids is 1. The van der Waals surface area contributed by atoms with Crippen molar-refractivity contribution in [2.75, 3.05) is 13.1 Å². The molecule has 2 N–H and O–H groups in total. The smallest absolute Gasteiger partial charge is 0.216 e. The lowest BCUT2D eigenvalue weighted by molar-refractivity contribution is -0.118. The molecule has 0 radical (unpaired) electrons. The van der Waals surface area contributed by atoms with Crippen LogP contribution in [0, 0.1) is 0 Å². The number of benzene rings is 1. The Balaban J connectivity index is 2.35. The monoisotopic (exact) mass is 284 g/mol. The van der Waals surface area contributed by atoms with Gasteiger partial charge in [-0.3, -0.25) is 4.79 Å². The molecular weight excluding hydrogens is 268 g/mol. The number of halogens is 1. The Morgan fingerprint density at radius 3 is 2.81 bits per heavy atom. The van der Waals surface area contributed by atoms with E-state index in [1.807, 2.05) is 12.1 Å². The van der Waals surface area contributed by atoms with Crippen LogP contribution in [0.2, 0.25) is 0 Å². The molecule has 4 heteroatoms. The molecule has 1 aromatic carbocycles. The molecule has 3 nitrogen and oxygen atoms in total. The van der Waals surface area contributed by atoms with Crippen molar-refractivity contribution in [3.8, 4) is 0 Å². The minimum atomic E-state index is 0.0110. The average Bonchev–Trinajstić information content (AvgIpc) is 2.24. The maximum Gasteiger partial charge on any atom is 0.216 e. The van der Waals surface area contributed by atoms with Crippen LogP contribution in [0.25, 0.3) is 0 Å². The topological polar surface area (TPSA) is 41.1 Å². The van der Waals surface area contributed by atoms with E-state index in [4.69, 9.17) is 0 Å². The highest BCUT2D eigenvalue weighted by atomic mass is 79.9. The molecule has 0 fully saturated rings. The molecule has 0 heterocycles. The Hall–Kier alpha value is -0.870. The number of nitrogens with one attached hydrogen (secondary N) is 2. The van der Waals surface area contributed by atoms with E-state index in [0.29, 0.717) is 6.54 Å². The first kappa shape index (κ1) is 13.2. The summed E-state index contributed by atoms with van der Waals surface area (Å²) in [7, 11) is 0. The summed E-state index contributed by atoms with van der Waals surface area (Å²) in [6, 6.07) is 8.49. The molecule has 0 aliphatic rings. The van der Waals surface area contributed by atoms with Crippen molar-refractivity contribution in [2.45, 2.75) is 19.9 Å². The van der Waals surface area contributed by atoms with Crippen LogP contribution in [0.3, 0.4) is 0 Å². The summed E-state index contributed by atoms with van der Waals surface area (Å²) < 4.78 is 1.08. The number of carbonyl (C=O) groups is 1. The second kappa shape index (κ2) is 6.66. The third-order valence-corrected chi connectivity index (χ3v) is 2.79. The van der Waals surface area contributed by atoms with Crippen LogP contribution < -0.4 is 10.6 Å². The van der Waals surface area contributed by atoms with Crippen molar-refractivity contribution >= 4 is 21.8 Å². The van der Waals surface area contributed by atoms with Gasteiger partial charge in [-0.15, -0.1) is 0 Å². The Kier molecular flexibility index (Phi) is 5.49. The highest BCUT2D eigenvalue weighted by Gasteiger charge is 2.04. The molecule has 0 saturated heterocycles. The first-order valence-corrected chi connectivity index (χ1v) is 6.12. The Bertz CT molecular complexity index is 355. The van der Waals surface area contributed by atoms with Crippen molar-refractivity contribution in [1.82, 2.24) is 10.6 Å². The maximum absolute atomic E-state index is 10.7. The molecule has 0 bridgehead atoms. The van der Waals surface area contributed by atoms with E-state index >= 15 is 0 Å². The standard InChI is InChI=1S/C12H17BrN2O/c1-9(14-6-7-15-10(2)16)11-4-3-5-12(13)8-11/h3-5,8-9,14H,6-7H2,1-2H3,(H,15,16)/t9-/m0/s1. The Labute approximate surface area is 105 Å². The average molecular weight is 285 g/mol. The number of rotatable bonds is 5. The molecule has 16 heavy (non-hydrogen) atoms. The summed E-state index contributed by atoms with van der Waals surface area (Å²) in [5.74, 6) is 0.0110. The molecule has 0 aliphatic heterocycles. The Morgan fingerprint density at radius 2 is 2.19 bits per heavy atom. The van der Waals surface area contributed by atoms with Gasteiger partial charge in [-0.2, -0.15) is 0 Å². The molecule has 0 spiro atoms. The molecule has 1 rings (SSSR count). The van der Waals surface area contributed by atoms with Crippen LogP contribution in [-0.4, -0.2) is 19.0 Å². The zero-order chi connectivity index (χ0) is 12.0. The van der Waals surface area contributed by atoms with Gasteiger partial charge in [0.25, 0.3) is 0 Å². The van der Waals surface area contributed by atoms with E-state index in [-0.39, 0.29) is 11.9 Å². The molecule has 0 aromatic heterocycles. The van der Waals surface area contributed by atoms with Gasteiger partial charge in [-0.25, -0.2) is 0 Å². The van der Waals surface area contributed by atoms with Gasteiger partial charge in [0.1, 0.15) is 0 Å². The van der Waals surface area contributed by atoms with Crippen molar-refractivity contribution in [3.63, 3.8) is 0 Å². The van der Waals surface area contributed by atoms with Gasteiger partial charge in [0.15, 0.2) is 0 Å². The molecule has 1 aromatic rings. The molecular formula is C12H17BrN2O. The van der Waals surface area contributed by atoms with E-state index in [9.17, 15) is 4.79 Å². The van der Waals surface area contributed by atoms with E-state index < -0.39 is 0 Å². The van der Waals surface area contributed by atoms with Gasteiger partial charge >= 0.3 is 0 Å². The normalized spacial score (nSPS) is 12.2. The summed E-state index contributed by atoms with van der Waals surface area (Å²) in [4.78, 5) is 10.7. The lowest BCUT2D eigenvalue weighted by atomic mass is 10.1. The van der Waals surface area contributed by atoms with Gasteiger partial charge in [0.2, 0.25) is 5.91 Å². The van der Waals surface area contributed by atoms with E-state index in [2.05, 4.69) is 45.6 Å². The fraction of sp³-hybridized carbons (Fsp3) is 0.417. The van der Waals surface area contributed by atoms with E-state index in [1.54, 1.807) is 0 Å². The minimum absolute atomic E-state index is 0.0110. The zero-order valence-corrected chi connectivity index (χ0v) is 11.2. The molecule has 0 saturated carbocycles. The molecule has 0 unspecified atom stereocenters. The highest BCUT2D eigenvalue weighted by molar-refractivity contribution is 9.10. The van der Waals surface area contributed by atoms with Crippen molar-refractivity contribution in [3.05, 3.63) is 34.3 Å². The predicted octanol–water partition coefficient (Wildman–Crippen LogP) is 2.24. The Morgan fingerprint density at radius 1 is 1.44 bits per heavy atom. The molecule has 88 valence electrons. The van der Waals surface area contributed by atoms with Gasteiger partial charge in [-0.1, -0.05) is 28.1 Å². The largest absolute Gasteiger partial charge is 0.355 e. The van der Waals surface area contributed by atoms with Gasteiger partial charge in [0.05, 0.1) is 0 Å². The van der Waals surface area contributed by atoms with Crippen molar-refractivity contribution < 1.29 is 4.79 Å². The fourth-order valence-electron chi connectivity index (χ4n) is 1.42. The van der Waals surface area contributed by atoms with Gasteiger partial charge in [-0.05, 0) is 24.6 Å². The maximum atomic E-state index is 10.7. The van der Waals surface area contributed by atoms with Gasteiger partial charge < -0.3 is 10.6 Å². The second-order valence-electron chi connectivity index (χ2n) is 3.71. The number of hydrogen-bond donors (Lipinski definition) is 2. The third kappa shape index (κ3) is 4.77. The summed E-state index contributed by atoms with van der Waals surface area (Å²) >= 11 is 3.45. The second-order valence-corrected chi connectivity index (χ2v) is 4.63. The number of hydrogen-bond acceptors (Lipinski definition) is 2. The minimum Gasteiger partial charge on any atom is -0.355 e. The number of amides is 1. The van der Waals surface area contributed by atoms with E-state index in [1.165, 1.54) is 12.5 Å². The van der Waals surface area contributed by atoms with Gasteiger partial charge in [0, 0.05) is 30.5 Å². The molecule has 1 amide bonds. The van der Waals surface area contributed by atoms with Crippen LogP contribution >= 0.6 is 15.9 Å². The third-order valence-electron chi connectivity index (χ3n) is 2.30. The summed E-state index contributed by atoms with van der Waals surface area (Å²) in [6.45, 7) is 5.06. The lowest BCUT2D eigenvalue weighted by Gasteiger charge is -2.14.